The summed E-state index contributed by atoms with van der Waals surface area (Å²) in [5.41, 5.74) is 6.92. The lowest BCUT2D eigenvalue weighted by Gasteiger charge is -2.26. The van der Waals surface area contributed by atoms with Crippen LogP contribution in [-0.4, -0.2) is 5.11 Å². The highest BCUT2D eigenvalue weighted by molar-refractivity contribution is 9.10. The molecule has 0 amide bonds. The molecule has 0 fully saturated rings. The number of halogens is 2. The van der Waals surface area contributed by atoms with Gasteiger partial charge in [0, 0.05) is 9.50 Å². The Morgan fingerprint density at radius 1 is 0.656 bits per heavy atom. The second-order valence-electron chi connectivity index (χ2n) is 11.2. The Hall–Kier alpha value is -1.61. The molecule has 0 aliphatic carbocycles. The van der Waals surface area contributed by atoms with Crippen molar-refractivity contribution < 1.29 is 5.11 Å². The fraction of sp³-hybridized carbons (Fsp3) is 0.379. The first-order valence-electron chi connectivity index (χ1n) is 11.1. The van der Waals surface area contributed by atoms with Crippen LogP contribution in [-0.2, 0) is 16.4 Å². The van der Waals surface area contributed by atoms with E-state index in [-0.39, 0.29) is 10.8 Å². The molecule has 3 heteroatoms. The third-order valence-corrected chi connectivity index (χ3v) is 6.82. The van der Waals surface area contributed by atoms with Gasteiger partial charge in [0.1, 0.15) is 0 Å². The molecule has 3 aromatic rings. The molecule has 0 atom stereocenters. The van der Waals surface area contributed by atoms with Crippen LogP contribution >= 0.6 is 27.5 Å². The van der Waals surface area contributed by atoms with E-state index < -0.39 is 5.60 Å². The fourth-order valence-electron chi connectivity index (χ4n) is 3.83. The smallest absolute Gasteiger partial charge is 0.0847 e. The molecule has 32 heavy (non-hydrogen) atoms. The second-order valence-corrected chi connectivity index (χ2v) is 12.5. The van der Waals surface area contributed by atoms with E-state index in [1.807, 2.05) is 18.2 Å². The molecule has 0 heterocycles. The van der Waals surface area contributed by atoms with Gasteiger partial charge in [-0.3, -0.25) is 0 Å². The molecule has 0 radical (unpaired) electrons. The van der Waals surface area contributed by atoms with Crippen LogP contribution in [0.4, 0.5) is 0 Å². The molecule has 1 nitrogen and oxygen atoms in total. The van der Waals surface area contributed by atoms with E-state index in [0.29, 0.717) is 5.02 Å². The van der Waals surface area contributed by atoms with Crippen LogP contribution < -0.4 is 0 Å². The van der Waals surface area contributed by atoms with E-state index in [9.17, 15) is 5.11 Å². The molecule has 0 aliphatic rings. The van der Waals surface area contributed by atoms with Gasteiger partial charge in [-0.25, -0.2) is 0 Å². The molecule has 0 saturated heterocycles. The Balaban J connectivity index is 2.26. The minimum atomic E-state index is -1.01. The van der Waals surface area contributed by atoms with Gasteiger partial charge in [0.2, 0.25) is 0 Å². The van der Waals surface area contributed by atoms with E-state index >= 15 is 0 Å². The lowest BCUT2D eigenvalue weighted by atomic mass is 9.78. The lowest BCUT2D eigenvalue weighted by molar-refractivity contribution is 0.0792. The van der Waals surface area contributed by atoms with Crippen molar-refractivity contribution in [3.63, 3.8) is 0 Å². The van der Waals surface area contributed by atoms with Crippen LogP contribution in [0.5, 0.6) is 0 Å². The number of aliphatic hydroxyl groups is 1. The van der Waals surface area contributed by atoms with Crippen molar-refractivity contribution in [2.24, 2.45) is 0 Å². The summed E-state index contributed by atoms with van der Waals surface area (Å²) in [5, 5.41) is 11.4. The third-order valence-electron chi connectivity index (χ3n) is 5.90. The minimum Gasteiger partial charge on any atom is -0.386 e. The van der Waals surface area contributed by atoms with Crippen molar-refractivity contribution in [1.29, 1.82) is 0 Å². The zero-order valence-electron chi connectivity index (χ0n) is 20.4. The summed E-state index contributed by atoms with van der Waals surface area (Å²) in [6.07, 6.45) is 0. The maximum absolute atomic E-state index is 10.8. The largest absolute Gasteiger partial charge is 0.386 e. The van der Waals surface area contributed by atoms with Gasteiger partial charge in [0.25, 0.3) is 0 Å². The van der Waals surface area contributed by atoms with Crippen LogP contribution in [0.2, 0.25) is 5.02 Å². The van der Waals surface area contributed by atoms with Crippen molar-refractivity contribution in [3.05, 3.63) is 80.8 Å². The van der Waals surface area contributed by atoms with E-state index in [1.54, 1.807) is 13.8 Å². The Labute approximate surface area is 207 Å². The highest BCUT2D eigenvalue weighted by Crippen LogP contribution is 2.40. The Bertz CT molecular complexity index is 1110. The molecule has 0 aromatic heterocycles. The summed E-state index contributed by atoms with van der Waals surface area (Å²) in [7, 11) is 0. The van der Waals surface area contributed by atoms with Crippen molar-refractivity contribution in [1.82, 2.24) is 0 Å². The van der Waals surface area contributed by atoms with Gasteiger partial charge in [0.15, 0.2) is 0 Å². The quantitative estimate of drug-likeness (QED) is 0.370. The van der Waals surface area contributed by atoms with Gasteiger partial charge in [-0.1, -0.05) is 99.4 Å². The number of benzene rings is 3. The van der Waals surface area contributed by atoms with Crippen molar-refractivity contribution in [2.45, 2.75) is 71.8 Å². The molecule has 3 aromatic carbocycles. The second kappa shape index (κ2) is 8.63. The average molecular weight is 514 g/mol. The maximum atomic E-state index is 10.8. The summed E-state index contributed by atoms with van der Waals surface area (Å²) in [6.45, 7) is 17.1. The fourth-order valence-corrected chi connectivity index (χ4v) is 4.46. The monoisotopic (exact) mass is 512 g/mol. The summed E-state index contributed by atoms with van der Waals surface area (Å²) in [5.74, 6) is 0. The standard InChI is InChI=1S/C29H34BrClO/c1-27(2,3)20-13-19(14-21(16-20)28(4,5)6)18-9-12-26(30)24(15-18)23-11-10-22(31)17-25(23)29(7,8)32/h9-17,32H,1-8H3. The maximum Gasteiger partial charge on any atom is 0.0847 e. The first kappa shape index (κ1) is 25.0. The van der Waals surface area contributed by atoms with Gasteiger partial charge < -0.3 is 5.11 Å². The number of hydrogen-bond acceptors (Lipinski definition) is 1. The van der Waals surface area contributed by atoms with Crippen LogP contribution in [0.15, 0.2) is 59.1 Å². The summed E-state index contributed by atoms with van der Waals surface area (Å²) in [4.78, 5) is 0. The highest BCUT2D eigenvalue weighted by Gasteiger charge is 2.24. The Kier molecular flexibility index (Phi) is 6.75. The van der Waals surface area contributed by atoms with Crippen LogP contribution in [0.25, 0.3) is 22.3 Å². The molecule has 3 rings (SSSR count). The van der Waals surface area contributed by atoms with Crippen molar-refractivity contribution in [2.75, 3.05) is 0 Å². The summed E-state index contributed by atoms with van der Waals surface area (Å²) >= 11 is 10.0. The van der Waals surface area contributed by atoms with Crippen molar-refractivity contribution in [3.8, 4) is 22.3 Å². The molecule has 170 valence electrons. The van der Waals surface area contributed by atoms with E-state index in [1.165, 1.54) is 16.7 Å². The van der Waals surface area contributed by atoms with Crippen molar-refractivity contribution >= 4 is 27.5 Å². The molecular weight excluding hydrogens is 480 g/mol. The van der Waals surface area contributed by atoms with Crippen LogP contribution in [0, 0.1) is 0 Å². The SMILES string of the molecule is CC(C)(C)c1cc(-c2ccc(Br)c(-c3ccc(Cl)cc3C(C)(C)O)c2)cc(C(C)(C)C)c1. The topological polar surface area (TPSA) is 20.2 Å². The predicted molar refractivity (Wildman–Crippen MR) is 143 cm³/mol. The van der Waals surface area contributed by atoms with E-state index in [4.69, 9.17) is 11.6 Å². The zero-order chi connectivity index (χ0) is 24.1. The van der Waals surface area contributed by atoms with E-state index in [0.717, 1.165) is 26.7 Å². The van der Waals surface area contributed by atoms with Gasteiger partial charge in [-0.05, 0) is 87.9 Å². The van der Waals surface area contributed by atoms with Crippen LogP contribution in [0.1, 0.15) is 72.1 Å². The average Bonchev–Trinajstić information content (AvgIpc) is 2.66. The van der Waals surface area contributed by atoms with E-state index in [2.05, 4.69) is 93.9 Å². The predicted octanol–water partition coefficient (Wildman–Crippen LogP) is 9.26. The summed E-state index contributed by atoms with van der Waals surface area (Å²) < 4.78 is 0.983. The van der Waals surface area contributed by atoms with Gasteiger partial charge >= 0.3 is 0 Å². The molecule has 0 aliphatic heterocycles. The highest BCUT2D eigenvalue weighted by atomic mass is 79.9. The summed E-state index contributed by atoms with van der Waals surface area (Å²) in [6, 6.07) is 19.1. The van der Waals surface area contributed by atoms with Gasteiger partial charge in [-0.2, -0.15) is 0 Å². The lowest BCUT2D eigenvalue weighted by Crippen LogP contribution is -2.17. The Morgan fingerprint density at radius 3 is 1.72 bits per heavy atom. The number of hydrogen-bond donors (Lipinski definition) is 1. The molecule has 0 spiro atoms. The van der Waals surface area contributed by atoms with Crippen LogP contribution in [0.3, 0.4) is 0 Å². The zero-order valence-corrected chi connectivity index (χ0v) is 22.7. The molecule has 1 N–H and O–H groups in total. The Morgan fingerprint density at radius 2 is 1.22 bits per heavy atom. The number of rotatable bonds is 3. The third kappa shape index (κ3) is 5.47. The molecule has 0 bridgehead atoms. The molecular formula is C29H34BrClO. The molecule has 0 unspecified atom stereocenters. The first-order valence-corrected chi connectivity index (χ1v) is 12.2. The first-order chi connectivity index (χ1) is 14.6. The van der Waals surface area contributed by atoms with Gasteiger partial charge in [-0.15, -0.1) is 0 Å². The minimum absolute atomic E-state index is 0.0540. The van der Waals surface area contributed by atoms with Gasteiger partial charge in [0.05, 0.1) is 5.60 Å². The normalized spacial score (nSPS) is 12.8. The molecule has 0 saturated carbocycles.